The molecule has 1 aliphatic rings. The quantitative estimate of drug-likeness (QED) is 0.928. The summed E-state index contributed by atoms with van der Waals surface area (Å²) in [5.41, 5.74) is -2.18. The summed E-state index contributed by atoms with van der Waals surface area (Å²) in [6.07, 6.45) is -3.36. The fraction of sp³-hybridized carbons (Fsp3) is 0.500. The maximum absolute atomic E-state index is 13.2. The van der Waals surface area contributed by atoms with Gasteiger partial charge >= 0.3 is 12.1 Å². The van der Waals surface area contributed by atoms with Crippen LogP contribution in [-0.4, -0.2) is 25.3 Å². The topological polar surface area (TPSA) is 55.8 Å². The lowest BCUT2D eigenvalue weighted by Gasteiger charge is -2.38. The van der Waals surface area contributed by atoms with Crippen LogP contribution in [0.4, 0.5) is 13.2 Å². The number of aliphatic carboxylic acids is 1. The molecule has 1 aromatic rings. The van der Waals surface area contributed by atoms with Crippen LogP contribution in [0.2, 0.25) is 0 Å². The third kappa shape index (κ3) is 2.41. The van der Waals surface area contributed by atoms with E-state index in [9.17, 15) is 23.1 Å². The summed E-state index contributed by atoms with van der Waals surface area (Å²) < 4.78 is 49.2. The number of benzene rings is 1. The van der Waals surface area contributed by atoms with Crippen molar-refractivity contribution >= 4 is 5.97 Å². The zero-order valence-corrected chi connectivity index (χ0v) is 11.6. The van der Waals surface area contributed by atoms with Crippen molar-refractivity contribution in [2.75, 3.05) is 14.2 Å². The van der Waals surface area contributed by atoms with Crippen molar-refractivity contribution in [3.8, 4) is 11.5 Å². The first-order valence-corrected chi connectivity index (χ1v) is 6.33. The Labute approximate surface area is 119 Å². The molecule has 2 rings (SSSR count). The van der Waals surface area contributed by atoms with Gasteiger partial charge in [-0.2, -0.15) is 13.2 Å². The van der Waals surface area contributed by atoms with Crippen molar-refractivity contribution in [3.63, 3.8) is 0 Å². The molecule has 0 unspecified atom stereocenters. The van der Waals surface area contributed by atoms with Crippen LogP contribution in [0.1, 0.15) is 30.4 Å². The average Bonchev–Trinajstić information content (AvgIpc) is 2.34. The molecule has 1 aliphatic carbocycles. The molecule has 0 heterocycles. The molecule has 0 spiro atoms. The van der Waals surface area contributed by atoms with Crippen LogP contribution in [-0.2, 0) is 16.4 Å². The highest BCUT2D eigenvalue weighted by atomic mass is 19.4. The Morgan fingerprint density at radius 2 is 1.86 bits per heavy atom. The Morgan fingerprint density at radius 3 is 2.19 bits per heavy atom. The first kappa shape index (κ1) is 15.5. The number of rotatable bonds is 4. The van der Waals surface area contributed by atoms with Crippen LogP contribution in [0.5, 0.6) is 11.5 Å². The molecule has 1 aromatic carbocycles. The molecule has 21 heavy (non-hydrogen) atoms. The summed E-state index contributed by atoms with van der Waals surface area (Å²) >= 11 is 0. The normalized spacial score (nSPS) is 17.0. The van der Waals surface area contributed by atoms with Gasteiger partial charge in [0.25, 0.3) is 0 Å². The van der Waals surface area contributed by atoms with Crippen molar-refractivity contribution in [1.82, 2.24) is 0 Å². The maximum Gasteiger partial charge on any atom is 0.420 e. The average molecular weight is 304 g/mol. The van der Waals surface area contributed by atoms with Crippen molar-refractivity contribution in [2.24, 2.45) is 0 Å². The summed E-state index contributed by atoms with van der Waals surface area (Å²) in [6, 6.07) is 2.18. The number of halogens is 3. The standard InChI is InChI=1S/C14H15F3O4/c1-20-10-7-8(13(12(18)19)4-3-5-13)6-9(11(10)21-2)14(15,16)17/h6-7H,3-5H2,1-2H3,(H,18,19). The first-order chi connectivity index (χ1) is 9.76. The molecular weight excluding hydrogens is 289 g/mol. The van der Waals surface area contributed by atoms with Crippen LogP contribution >= 0.6 is 0 Å². The molecule has 0 amide bonds. The Hall–Kier alpha value is -1.92. The van der Waals surface area contributed by atoms with Gasteiger partial charge in [0.1, 0.15) is 5.56 Å². The summed E-state index contributed by atoms with van der Waals surface area (Å²) in [7, 11) is 2.33. The van der Waals surface area contributed by atoms with Gasteiger partial charge < -0.3 is 14.6 Å². The predicted octanol–water partition coefficient (Wildman–Crippen LogP) is 3.23. The van der Waals surface area contributed by atoms with Crippen LogP contribution in [0, 0.1) is 0 Å². The number of alkyl halides is 3. The molecule has 7 heteroatoms. The van der Waals surface area contributed by atoms with Crippen LogP contribution in [0.15, 0.2) is 12.1 Å². The highest BCUT2D eigenvalue weighted by Gasteiger charge is 2.48. The third-order valence-electron chi connectivity index (χ3n) is 3.95. The van der Waals surface area contributed by atoms with E-state index >= 15 is 0 Å². The lowest BCUT2D eigenvalue weighted by molar-refractivity contribution is -0.148. The van der Waals surface area contributed by atoms with E-state index in [0.29, 0.717) is 19.3 Å². The van der Waals surface area contributed by atoms with E-state index in [0.717, 1.165) is 13.2 Å². The molecule has 1 fully saturated rings. The number of methoxy groups -OCH3 is 2. The fourth-order valence-electron chi connectivity index (χ4n) is 2.61. The molecule has 116 valence electrons. The second-order valence-electron chi connectivity index (χ2n) is 5.00. The van der Waals surface area contributed by atoms with E-state index in [1.165, 1.54) is 13.2 Å². The smallest absolute Gasteiger partial charge is 0.420 e. The minimum Gasteiger partial charge on any atom is -0.493 e. The Bertz CT molecular complexity index is 562. The summed E-state index contributed by atoms with van der Waals surface area (Å²) in [5.74, 6) is -1.67. The van der Waals surface area contributed by atoms with Gasteiger partial charge in [0.05, 0.1) is 19.6 Å². The zero-order chi connectivity index (χ0) is 15.8. The first-order valence-electron chi connectivity index (χ1n) is 6.33. The molecule has 0 aliphatic heterocycles. The van der Waals surface area contributed by atoms with E-state index < -0.39 is 28.9 Å². The van der Waals surface area contributed by atoms with Gasteiger partial charge in [0.15, 0.2) is 11.5 Å². The Morgan fingerprint density at radius 1 is 1.24 bits per heavy atom. The minimum absolute atomic E-state index is 0.103. The van der Waals surface area contributed by atoms with Crippen molar-refractivity contribution in [2.45, 2.75) is 30.9 Å². The monoisotopic (exact) mass is 304 g/mol. The molecule has 0 saturated heterocycles. The third-order valence-corrected chi connectivity index (χ3v) is 3.95. The number of carboxylic acids is 1. The summed E-state index contributed by atoms with van der Waals surface area (Å²) in [6.45, 7) is 0. The van der Waals surface area contributed by atoms with E-state index in [1.54, 1.807) is 0 Å². The molecule has 0 aromatic heterocycles. The highest BCUT2D eigenvalue weighted by Crippen LogP contribution is 2.49. The van der Waals surface area contributed by atoms with Crippen molar-refractivity contribution in [1.29, 1.82) is 0 Å². The number of hydrogen-bond acceptors (Lipinski definition) is 3. The zero-order valence-electron chi connectivity index (χ0n) is 11.6. The molecule has 0 atom stereocenters. The van der Waals surface area contributed by atoms with Gasteiger partial charge in [-0.3, -0.25) is 4.79 Å². The van der Waals surface area contributed by atoms with Crippen molar-refractivity contribution < 1.29 is 32.5 Å². The maximum atomic E-state index is 13.2. The van der Waals surface area contributed by atoms with E-state index in [4.69, 9.17) is 9.47 Å². The Kier molecular flexibility index (Phi) is 3.78. The lowest BCUT2D eigenvalue weighted by atomic mass is 9.64. The van der Waals surface area contributed by atoms with Gasteiger partial charge in [-0.1, -0.05) is 6.42 Å². The molecule has 0 bridgehead atoms. The van der Waals surface area contributed by atoms with E-state index in [-0.39, 0.29) is 11.3 Å². The molecule has 1 N–H and O–H groups in total. The number of hydrogen-bond donors (Lipinski definition) is 1. The number of carbonyl (C=O) groups is 1. The SMILES string of the molecule is COc1cc(C2(C(=O)O)CCC2)cc(C(F)(F)F)c1OC. The lowest BCUT2D eigenvalue weighted by Crippen LogP contribution is -2.42. The number of carboxylic acid groups (broad SMARTS) is 1. The van der Waals surface area contributed by atoms with Gasteiger partial charge in [0, 0.05) is 0 Å². The van der Waals surface area contributed by atoms with E-state index in [1.807, 2.05) is 0 Å². The van der Waals surface area contributed by atoms with Gasteiger partial charge in [0.2, 0.25) is 0 Å². The van der Waals surface area contributed by atoms with Crippen LogP contribution in [0.3, 0.4) is 0 Å². The fourth-order valence-corrected chi connectivity index (χ4v) is 2.61. The largest absolute Gasteiger partial charge is 0.493 e. The minimum atomic E-state index is -4.65. The van der Waals surface area contributed by atoms with Crippen LogP contribution in [0.25, 0.3) is 0 Å². The second-order valence-corrected chi connectivity index (χ2v) is 5.00. The Balaban J connectivity index is 2.67. The molecule has 4 nitrogen and oxygen atoms in total. The van der Waals surface area contributed by atoms with Gasteiger partial charge in [-0.05, 0) is 30.5 Å². The molecule has 1 saturated carbocycles. The van der Waals surface area contributed by atoms with Crippen LogP contribution < -0.4 is 9.47 Å². The molecular formula is C14H15F3O4. The number of ether oxygens (including phenoxy) is 2. The van der Waals surface area contributed by atoms with E-state index in [2.05, 4.69) is 0 Å². The highest BCUT2D eigenvalue weighted by molar-refractivity contribution is 5.83. The van der Waals surface area contributed by atoms with Crippen molar-refractivity contribution in [3.05, 3.63) is 23.3 Å². The van der Waals surface area contributed by atoms with Gasteiger partial charge in [-0.25, -0.2) is 0 Å². The van der Waals surface area contributed by atoms with Gasteiger partial charge in [-0.15, -0.1) is 0 Å². The summed E-state index contributed by atoms with van der Waals surface area (Å²) in [5, 5.41) is 9.37. The molecule has 0 radical (unpaired) electrons. The predicted molar refractivity (Wildman–Crippen MR) is 67.7 cm³/mol. The second kappa shape index (κ2) is 5.13. The summed E-state index contributed by atoms with van der Waals surface area (Å²) in [4.78, 5) is 11.5.